The van der Waals surface area contributed by atoms with Gasteiger partial charge in [0.2, 0.25) is 0 Å². The van der Waals surface area contributed by atoms with Gasteiger partial charge in [-0.25, -0.2) is 9.36 Å². The minimum atomic E-state index is -4.39. The van der Waals surface area contributed by atoms with Crippen molar-refractivity contribution in [3.05, 3.63) is 59.8 Å². The first-order valence-corrected chi connectivity index (χ1v) is 6.83. The Labute approximate surface area is 125 Å². The van der Waals surface area contributed by atoms with Gasteiger partial charge in [0, 0.05) is 18.6 Å². The summed E-state index contributed by atoms with van der Waals surface area (Å²) in [4.78, 5) is 13.5. The molecule has 0 saturated heterocycles. The van der Waals surface area contributed by atoms with E-state index in [4.69, 9.17) is 0 Å². The molecule has 22 heavy (non-hydrogen) atoms. The molecule has 0 saturated carbocycles. The number of carbonyl (C=O) groups is 1. The van der Waals surface area contributed by atoms with Crippen LogP contribution in [0.1, 0.15) is 24.1 Å². The number of halogens is 3. The number of rotatable bonds is 1. The molecule has 2 heterocycles. The molecular weight excluding hydrogens is 293 g/mol. The molecular formula is C16H14F3N2O+. The van der Waals surface area contributed by atoms with Gasteiger partial charge >= 0.3 is 12.1 Å². The van der Waals surface area contributed by atoms with Crippen LogP contribution in [0.25, 0.3) is 0 Å². The first kappa shape index (κ1) is 14.6. The Hall–Kier alpha value is -2.37. The van der Waals surface area contributed by atoms with E-state index < -0.39 is 11.7 Å². The summed E-state index contributed by atoms with van der Waals surface area (Å²) in [5, 5.41) is 0. The third kappa shape index (κ3) is 2.45. The zero-order valence-electron chi connectivity index (χ0n) is 11.8. The van der Waals surface area contributed by atoms with E-state index in [1.54, 1.807) is 0 Å². The molecule has 0 unspecified atom stereocenters. The average Bonchev–Trinajstić information content (AvgIpc) is 2.85. The molecule has 1 atom stereocenters. The van der Waals surface area contributed by atoms with E-state index in [1.807, 2.05) is 30.3 Å². The lowest BCUT2D eigenvalue weighted by Crippen LogP contribution is -2.33. The van der Waals surface area contributed by atoms with Crippen LogP contribution < -0.4 is 9.47 Å². The molecule has 0 spiro atoms. The Morgan fingerprint density at radius 3 is 2.45 bits per heavy atom. The lowest BCUT2D eigenvalue weighted by atomic mass is 10.1. The monoisotopic (exact) mass is 307 g/mol. The van der Waals surface area contributed by atoms with Gasteiger partial charge in [-0.3, -0.25) is 0 Å². The number of pyridine rings is 1. The van der Waals surface area contributed by atoms with E-state index in [2.05, 4.69) is 0 Å². The summed E-state index contributed by atoms with van der Waals surface area (Å²) in [6.07, 6.45) is -3.33. The SMILES string of the molecule is CC(=O)N1c2ccc(C(F)(F)F)c[n+]2C[C@H]1c1ccccc1. The van der Waals surface area contributed by atoms with Crippen LogP contribution in [0.15, 0.2) is 48.7 Å². The van der Waals surface area contributed by atoms with Crippen molar-refractivity contribution in [3.8, 4) is 0 Å². The van der Waals surface area contributed by atoms with Gasteiger partial charge in [0.15, 0.2) is 6.04 Å². The number of fused-ring (bicyclic) bond motifs is 1. The van der Waals surface area contributed by atoms with Crippen LogP contribution in [0, 0.1) is 0 Å². The van der Waals surface area contributed by atoms with Crippen molar-refractivity contribution < 1.29 is 22.5 Å². The van der Waals surface area contributed by atoms with Crippen LogP contribution in [0.4, 0.5) is 19.0 Å². The maximum atomic E-state index is 12.8. The van der Waals surface area contributed by atoms with Crippen LogP contribution in [0.2, 0.25) is 0 Å². The van der Waals surface area contributed by atoms with Crippen LogP contribution in [-0.2, 0) is 17.5 Å². The third-order valence-corrected chi connectivity index (χ3v) is 3.78. The Balaban J connectivity index is 2.05. The molecule has 0 radical (unpaired) electrons. The zero-order chi connectivity index (χ0) is 15.9. The molecule has 0 N–H and O–H groups in total. The Kier molecular flexibility index (Phi) is 3.39. The molecule has 0 bridgehead atoms. The zero-order valence-corrected chi connectivity index (χ0v) is 11.8. The van der Waals surface area contributed by atoms with Gasteiger partial charge in [0.1, 0.15) is 12.7 Å². The van der Waals surface area contributed by atoms with Crippen molar-refractivity contribution in [2.24, 2.45) is 0 Å². The molecule has 1 aliphatic rings. The smallest absolute Gasteiger partial charge is 0.247 e. The molecule has 1 aromatic heterocycles. The van der Waals surface area contributed by atoms with Crippen LogP contribution >= 0.6 is 0 Å². The van der Waals surface area contributed by atoms with Crippen LogP contribution in [0.3, 0.4) is 0 Å². The van der Waals surface area contributed by atoms with E-state index in [1.165, 1.54) is 22.5 Å². The van der Waals surface area contributed by atoms with Gasteiger partial charge in [-0.1, -0.05) is 30.3 Å². The van der Waals surface area contributed by atoms with E-state index in [9.17, 15) is 18.0 Å². The molecule has 1 aromatic carbocycles. The second-order valence-electron chi connectivity index (χ2n) is 5.24. The number of hydrogen-bond donors (Lipinski definition) is 0. The topological polar surface area (TPSA) is 24.2 Å². The largest absolute Gasteiger partial charge is 0.419 e. The highest BCUT2D eigenvalue weighted by Gasteiger charge is 2.43. The van der Waals surface area contributed by atoms with Gasteiger partial charge in [0.25, 0.3) is 5.82 Å². The standard InChI is InChI=1S/C16H14F3N2O/c1-11(22)21-14(12-5-3-2-4-6-12)10-20-9-13(16(17,18)19)7-8-15(20)21/h2-9,14H,10H2,1H3/q+1/t14-/m0/s1. The number of anilines is 1. The minimum absolute atomic E-state index is 0.195. The third-order valence-electron chi connectivity index (χ3n) is 3.78. The van der Waals surface area contributed by atoms with E-state index in [-0.39, 0.29) is 11.9 Å². The fraction of sp³-hybridized carbons (Fsp3) is 0.250. The number of aromatic nitrogens is 1. The van der Waals surface area contributed by atoms with Gasteiger partial charge in [0.05, 0.1) is 5.56 Å². The van der Waals surface area contributed by atoms with Crippen molar-refractivity contribution in [3.63, 3.8) is 0 Å². The van der Waals surface area contributed by atoms with Gasteiger partial charge in [-0.15, -0.1) is 0 Å². The molecule has 0 aliphatic carbocycles. The molecule has 6 heteroatoms. The van der Waals surface area contributed by atoms with Gasteiger partial charge in [-0.05, 0) is 6.07 Å². The highest BCUT2D eigenvalue weighted by molar-refractivity contribution is 5.91. The average molecular weight is 307 g/mol. The summed E-state index contributed by atoms with van der Waals surface area (Å²) >= 11 is 0. The number of hydrogen-bond acceptors (Lipinski definition) is 1. The minimum Gasteiger partial charge on any atom is -0.247 e. The maximum Gasteiger partial charge on any atom is 0.419 e. The fourth-order valence-corrected chi connectivity index (χ4v) is 2.81. The lowest BCUT2D eigenvalue weighted by Gasteiger charge is -2.15. The number of amides is 1. The van der Waals surface area contributed by atoms with Gasteiger partial charge in [-0.2, -0.15) is 18.1 Å². The fourth-order valence-electron chi connectivity index (χ4n) is 2.81. The van der Waals surface area contributed by atoms with E-state index in [0.29, 0.717) is 12.4 Å². The Bertz CT molecular complexity index is 713. The summed E-state index contributed by atoms with van der Waals surface area (Å²) in [6.45, 7) is 1.73. The molecule has 0 fully saturated rings. The predicted molar refractivity (Wildman–Crippen MR) is 74.0 cm³/mol. The number of benzene rings is 1. The highest BCUT2D eigenvalue weighted by atomic mass is 19.4. The number of alkyl halides is 3. The quantitative estimate of drug-likeness (QED) is 0.743. The van der Waals surface area contributed by atoms with Crippen LogP contribution in [0.5, 0.6) is 0 Å². The van der Waals surface area contributed by atoms with E-state index in [0.717, 1.165) is 17.8 Å². The Morgan fingerprint density at radius 2 is 1.86 bits per heavy atom. The summed E-state index contributed by atoms with van der Waals surface area (Å²) in [6, 6.07) is 11.4. The van der Waals surface area contributed by atoms with Crippen molar-refractivity contribution in [2.45, 2.75) is 25.7 Å². The summed E-state index contributed by atoms with van der Waals surface area (Å²) in [5.74, 6) is 0.286. The second-order valence-corrected chi connectivity index (χ2v) is 5.24. The highest BCUT2D eigenvalue weighted by Crippen LogP contribution is 2.34. The molecule has 114 valence electrons. The number of nitrogens with zero attached hydrogens (tertiary/aromatic N) is 2. The molecule has 3 rings (SSSR count). The summed E-state index contributed by atoms with van der Waals surface area (Å²) in [7, 11) is 0. The molecule has 1 aliphatic heterocycles. The first-order chi connectivity index (χ1) is 10.4. The molecule has 2 aromatic rings. The van der Waals surface area contributed by atoms with Crippen molar-refractivity contribution >= 4 is 11.7 Å². The maximum absolute atomic E-state index is 12.8. The first-order valence-electron chi connectivity index (χ1n) is 6.83. The van der Waals surface area contributed by atoms with Crippen LogP contribution in [-0.4, -0.2) is 5.91 Å². The summed E-state index contributed by atoms with van der Waals surface area (Å²) in [5.41, 5.74) is 0.184. The van der Waals surface area contributed by atoms with E-state index >= 15 is 0 Å². The molecule has 3 nitrogen and oxygen atoms in total. The molecule has 1 amide bonds. The van der Waals surface area contributed by atoms with Crippen molar-refractivity contribution in [1.82, 2.24) is 0 Å². The lowest BCUT2D eigenvalue weighted by molar-refractivity contribution is -0.675. The summed E-state index contributed by atoms with van der Waals surface area (Å²) < 4.78 is 40.0. The predicted octanol–water partition coefficient (Wildman–Crippen LogP) is 3.10. The van der Waals surface area contributed by atoms with Crippen molar-refractivity contribution in [1.29, 1.82) is 0 Å². The van der Waals surface area contributed by atoms with Gasteiger partial charge < -0.3 is 0 Å². The number of carbonyl (C=O) groups excluding carboxylic acids is 1. The second kappa shape index (κ2) is 5.12. The normalized spacial score (nSPS) is 17.5. The van der Waals surface area contributed by atoms with Crippen molar-refractivity contribution in [2.75, 3.05) is 4.90 Å². The Morgan fingerprint density at radius 1 is 1.18 bits per heavy atom.